The third kappa shape index (κ3) is 4.68. The van der Waals surface area contributed by atoms with Gasteiger partial charge < -0.3 is 11.2 Å². The summed E-state index contributed by atoms with van der Waals surface area (Å²) in [6.45, 7) is 1.50. The number of aromatic nitrogens is 3. The van der Waals surface area contributed by atoms with E-state index >= 15 is 0 Å². The lowest BCUT2D eigenvalue weighted by Crippen LogP contribution is -2.24. The number of anilines is 1. The Bertz CT molecular complexity index is 1090. The molecular weight excluding hydrogens is 446 g/mol. The summed E-state index contributed by atoms with van der Waals surface area (Å²) in [6.07, 6.45) is -4.58. The van der Waals surface area contributed by atoms with Gasteiger partial charge in [0.05, 0.1) is 27.1 Å². The fraction of sp³-hybridized carbons (Fsp3) is 0.167. The Morgan fingerprint density at radius 3 is 2.60 bits per heavy atom. The number of benzene rings is 2. The summed E-state index contributed by atoms with van der Waals surface area (Å²) in [4.78, 5) is 12.4. The van der Waals surface area contributed by atoms with E-state index < -0.39 is 28.7 Å². The Balaban J connectivity index is 1.75. The van der Waals surface area contributed by atoms with Gasteiger partial charge in [0.25, 0.3) is 0 Å². The van der Waals surface area contributed by atoms with Crippen molar-refractivity contribution in [1.29, 1.82) is 0 Å². The standard InChI is InChI=1S/C18H14ClF4N5OS/c1-9(16(29)25-14-8-10(18(21,22)23)6-7-12(14)19)30-17-27-26-15(28(17)24)11-4-2-3-5-13(11)20/h2-9H,24H2,1H3,(H,25,29)/t9-/m1/s1. The highest BCUT2D eigenvalue weighted by Crippen LogP contribution is 2.34. The molecule has 1 atom stereocenters. The number of nitrogen functional groups attached to an aromatic ring is 1. The number of alkyl halides is 3. The Kier molecular flexibility index (Phi) is 6.22. The molecule has 3 N–H and O–H groups in total. The van der Waals surface area contributed by atoms with Crippen molar-refractivity contribution < 1.29 is 22.4 Å². The smallest absolute Gasteiger partial charge is 0.335 e. The molecule has 6 nitrogen and oxygen atoms in total. The van der Waals surface area contributed by atoms with E-state index in [4.69, 9.17) is 17.4 Å². The highest BCUT2D eigenvalue weighted by Gasteiger charge is 2.31. The maximum atomic E-state index is 14.0. The van der Waals surface area contributed by atoms with Gasteiger partial charge in [-0.15, -0.1) is 10.2 Å². The maximum absolute atomic E-state index is 14.0. The lowest BCUT2D eigenvalue weighted by Gasteiger charge is -2.14. The van der Waals surface area contributed by atoms with Crippen molar-refractivity contribution in [3.8, 4) is 11.4 Å². The van der Waals surface area contributed by atoms with Crippen molar-refractivity contribution in [3.63, 3.8) is 0 Å². The van der Waals surface area contributed by atoms with Gasteiger partial charge in [0.2, 0.25) is 11.1 Å². The van der Waals surface area contributed by atoms with E-state index in [2.05, 4.69) is 15.5 Å². The number of nitrogens with zero attached hydrogens (tertiary/aromatic N) is 3. The van der Waals surface area contributed by atoms with Crippen LogP contribution >= 0.6 is 23.4 Å². The van der Waals surface area contributed by atoms with E-state index in [1.54, 1.807) is 6.07 Å². The van der Waals surface area contributed by atoms with Gasteiger partial charge in [-0.3, -0.25) is 4.79 Å². The van der Waals surface area contributed by atoms with Crippen molar-refractivity contribution >= 4 is 35.0 Å². The molecule has 0 bridgehead atoms. The first-order valence-corrected chi connectivity index (χ1v) is 9.63. The monoisotopic (exact) mass is 459 g/mol. The Hall–Kier alpha value is -2.79. The lowest BCUT2D eigenvalue weighted by molar-refractivity contribution is -0.137. The number of nitrogens with one attached hydrogen (secondary N) is 1. The molecule has 30 heavy (non-hydrogen) atoms. The van der Waals surface area contributed by atoms with Crippen LogP contribution in [0, 0.1) is 5.82 Å². The number of halogens is 5. The van der Waals surface area contributed by atoms with Gasteiger partial charge >= 0.3 is 6.18 Å². The predicted molar refractivity (Wildman–Crippen MR) is 106 cm³/mol. The summed E-state index contributed by atoms with van der Waals surface area (Å²) in [6, 6.07) is 8.45. The summed E-state index contributed by atoms with van der Waals surface area (Å²) < 4.78 is 53.6. The molecule has 0 saturated carbocycles. The normalized spacial score (nSPS) is 12.6. The molecule has 1 aromatic heterocycles. The minimum atomic E-state index is -4.58. The van der Waals surface area contributed by atoms with Gasteiger partial charge in [0, 0.05) is 0 Å². The number of thioether (sulfide) groups is 1. The maximum Gasteiger partial charge on any atom is 0.416 e. The van der Waals surface area contributed by atoms with Crippen LogP contribution in [0.1, 0.15) is 12.5 Å². The fourth-order valence-corrected chi connectivity index (χ4v) is 3.36. The number of carbonyl (C=O) groups excluding carboxylic acids is 1. The van der Waals surface area contributed by atoms with E-state index in [1.165, 1.54) is 25.1 Å². The first-order valence-electron chi connectivity index (χ1n) is 8.37. The van der Waals surface area contributed by atoms with Crippen molar-refractivity contribution in [1.82, 2.24) is 14.9 Å². The molecule has 0 aliphatic heterocycles. The number of hydrogen-bond donors (Lipinski definition) is 2. The Morgan fingerprint density at radius 1 is 1.23 bits per heavy atom. The lowest BCUT2D eigenvalue weighted by atomic mass is 10.2. The van der Waals surface area contributed by atoms with Crippen LogP contribution in [0.5, 0.6) is 0 Å². The highest BCUT2D eigenvalue weighted by molar-refractivity contribution is 8.00. The molecule has 3 rings (SSSR count). The zero-order chi connectivity index (χ0) is 22.1. The summed E-state index contributed by atoms with van der Waals surface area (Å²) in [5.74, 6) is 4.81. The van der Waals surface area contributed by atoms with Gasteiger partial charge in [-0.1, -0.05) is 35.5 Å². The molecule has 0 spiro atoms. The zero-order valence-corrected chi connectivity index (χ0v) is 16.8. The van der Waals surface area contributed by atoms with Crippen LogP contribution in [0.25, 0.3) is 11.4 Å². The van der Waals surface area contributed by atoms with Crippen LogP contribution < -0.4 is 11.2 Å². The van der Waals surface area contributed by atoms with E-state index in [9.17, 15) is 22.4 Å². The van der Waals surface area contributed by atoms with Gasteiger partial charge in [-0.05, 0) is 37.3 Å². The average Bonchev–Trinajstić information content (AvgIpc) is 3.03. The molecule has 1 amide bonds. The molecule has 3 aromatic rings. The van der Waals surface area contributed by atoms with Crippen molar-refractivity contribution in [2.45, 2.75) is 23.5 Å². The molecule has 12 heteroatoms. The van der Waals surface area contributed by atoms with Crippen LogP contribution in [0.3, 0.4) is 0 Å². The van der Waals surface area contributed by atoms with Crippen molar-refractivity contribution in [2.75, 3.05) is 11.2 Å². The van der Waals surface area contributed by atoms with Crippen LogP contribution in [-0.2, 0) is 11.0 Å². The zero-order valence-electron chi connectivity index (χ0n) is 15.2. The molecule has 0 aliphatic carbocycles. The van der Waals surface area contributed by atoms with E-state index in [0.29, 0.717) is 0 Å². The molecule has 0 radical (unpaired) electrons. The number of amides is 1. The molecule has 0 fully saturated rings. The highest BCUT2D eigenvalue weighted by atomic mass is 35.5. The minimum Gasteiger partial charge on any atom is -0.335 e. The second kappa shape index (κ2) is 8.52. The predicted octanol–water partition coefficient (Wildman–Crippen LogP) is 4.59. The van der Waals surface area contributed by atoms with E-state index in [0.717, 1.165) is 34.6 Å². The molecule has 2 aromatic carbocycles. The quantitative estimate of drug-likeness (QED) is 0.331. The van der Waals surface area contributed by atoms with Gasteiger partial charge in [-0.25, -0.2) is 9.07 Å². The molecular formula is C18H14ClF4N5OS. The van der Waals surface area contributed by atoms with Crippen molar-refractivity contribution in [3.05, 3.63) is 58.9 Å². The number of nitrogens with two attached hydrogens (primary N) is 1. The average molecular weight is 460 g/mol. The van der Waals surface area contributed by atoms with Crippen LogP contribution in [0.2, 0.25) is 5.02 Å². The third-order valence-electron chi connectivity index (χ3n) is 3.98. The second-order valence-corrected chi connectivity index (χ2v) is 7.81. The van der Waals surface area contributed by atoms with Crippen molar-refractivity contribution in [2.24, 2.45) is 0 Å². The topological polar surface area (TPSA) is 85.8 Å². The van der Waals surface area contributed by atoms with Gasteiger partial charge in [-0.2, -0.15) is 13.2 Å². The van der Waals surface area contributed by atoms with Crippen LogP contribution in [0.4, 0.5) is 23.2 Å². The molecule has 1 heterocycles. The van der Waals surface area contributed by atoms with Gasteiger partial charge in [0.15, 0.2) is 5.82 Å². The largest absolute Gasteiger partial charge is 0.416 e. The van der Waals surface area contributed by atoms with Gasteiger partial charge in [0.1, 0.15) is 5.82 Å². The van der Waals surface area contributed by atoms with Crippen LogP contribution in [-0.4, -0.2) is 26.0 Å². The summed E-state index contributed by atoms with van der Waals surface area (Å²) >= 11 is 6.79. The number of carbonyl (C=O) groups is 1. The molecule has 0 aliphatic rings. The third-order valence-corrected chi connectivity index (χ3v) is 5.37. The second-order valence-electron chi connectivity index (χ2n) is 6.10. The first kappa shape index (κ1) is 21.9. The minimum absolute atomic E-state index is 0.0441. The molecule has 158 valence electrons. The summed E-state index contributed by atoms with van der Waals surface area (Å²) in [5.41, 5.74) is -0.990. The summed E-state index contributed by atoms with van der Waals surface area (Å²) in [5, 5.41) is 9.31. The number of rotatable bonds is 5. The fourth-order valence-electron chi connectivity index (χ4n) is 2.43. The number of hydrogen-bond acceptors (Lipinski definition) is 5. The summed E-state index contributed by atoms with van der Waals surface area (Å²) in [7, 11) is 0. The van der Waals surface area contributed by atoms with E-state index in [1.807, 2.05) is 0 Å². The Morgan fingerprint density at radius 2 is 1.93 bits per heavy atom. The van der Waals surface area contributed by atoms with Crippen LogP contribution in [0.15, 0.2) is 47.6 Å². The van der Waals surface area contributed by atoms with E-state index in [-0.39, 0.29) is 27.3 Å². The Labute approximate surface area is 177 Å². The molecule has 0 saturated heterocycles. The molecule has 0 unspecified atom stereocenters. The SMILES string of the molecule is C[C@@H](Sc1nnc(-c2ccccc2F)n1N)C(=O)Nc1cc(C(F)(F)F)ccc1Cl. The first-order chi connectivity index (χ1) is 14.1.